The van der Waals surface area contributed by atoms with E-state index in [1.807, 2.05) is 4.72 Å². The van der Waals surface area contributed by atoms with Gasteiger partial charge in [-0.05, 0) is 12.5 Å². The maximum atomic E-state index is 11.9. The van der Waals surface area contributed by atoms with Gasteiger partial charge in [-0.3, -0.25) is 4.72 Å². The van der Waals surface area contributed by atoms with Gasteiger partial charge in [-0.2, -0.15) is 13.2 Å². The molecule has 0 spiro atoms. The van der Waals surface area contributed by atoms with E-state index in [2.05, 4.69) is 9.97 Å². The highest BCUT2D eigenvalue weighted by atomic mass is 35.5. The van der Waals surface area contributed by atoms with Crippen LogP contribution in [-0.4, -0.2) is 30.3 Å². The average Bonchev–Trinajstić information content (AvgIpc) is 2.13. The summed E-state index contributed by atoms with van der Waals surface area (Å²) < 4.78 is 60.3. The fourth-order valence-electron chi connectivity index (χ4n) is 1.04. The van der Waals surface area contributed by atoms with Crippen LogP contribution in [0.5, 0.6) is 0 Å². The minimum Gasteiger partial charge on any atom is -0.251 e. The van der Waals surface area contributed by atoms with Crippen molar-refractivity contribution in [2.24, 2.45) is 0 Å². The molecule has 0 unspecified atom stereocenters. The highest BCUT2D eigenvalue weighted by molar-refractivity contribution is 7.92. The summed E-state index contributed by atoms with van der Waals surface area (Å²) in [6, 6.07) is 1.34. The van der Waals surface area contributed by atoms with Crippen LogP contribution in [0.25, 0.3) is 0 Å². The Bertz CT molecular complexity index is 507. The topological polar surface area (TPSA) is 72.0 Å². The van der Waals surface area contributed by atoms with Crippen LogP contribution >= 0.6 is 11.6 Å². The molecule has 0 aliphatic carbocycles. The zero-order chi connectivity index (χ0) is 13.8. The molecule has 0 aromatic carbocycles. The predicted molar refractivity (Wildman–Crippen MR) is 59.7 cm³/mol. The van der Waals surface area contributed by atoms with Crippen LogP contribution in [0.15, 0.2) is 12.3 Å². The third-order valence-electron chi connectivity index (χ3n) is 1.74. The van der Waals surface area contributed by atoms with Gasteiger partial charge in [0, 0.05) is 12.6 Å². The first-order chi connectivity index (χ1) is 8.18. The molecule has 0 saturated carbocycles. The van der Waals surface area contributed by atoms with Crippen molar-refractivity contribution in [3.8, 4) is 0 Å². The van der Waals surface area contributed by atoms with Gasteiger partial charge in [-0.15, -0.1) is 0 Å². The number of nitrogens with one attached hydrogen (secondary N) is 1. The van der Waals surface area contributed by atoms with Gasteiger partial charge in [-0.25, -0.2) is 18.4 Å². The van der Waals surface area contributed by atoms with Gasteiger partial charge in [0.25, 0.3) is 0 Å². The Labute approximate surface area is 106 Å². The Hall–Kier alpha value is -1.09. The van der Waals surface area contributed by atoms with Crippen LogP contribution in [0.4, 0.5) is 19.1 Å². The molecule has 1 N–H and O–H groups in total. The van der Waals surface area contributed by atoms with Crippen molar-refractivity contribution in [2.75, 3.05) is 10.5 Å². The summed E-state index contributed by atoms with van der Waals surface area (Å²) in [5, 5.41) is 0.0259. The molecule has 0 aliphatic heterocycles. The molecule has 0 radical (unpaired) electrons. The number of halogens is 4. The zero-order valence-corrected chi connectivity index (χ0v) is 10.5. The van der Waals surface area contributed by atoms with E-state index in [0.29, 0.717) is 0 Å². The normalized spacial score (nSPS) is 12.4. The van der Waals surface area contributed by atoms with Crippen molar-refractivity contribution >= 4 is 27.6 Å². The van der Waals surface area contributed by atoms with E-state index in [1.165, 1.54) is 12.3 Å². The lowest BCUT2D eigenvalue weighted by atomic mass is 10.3. The lowest BCUT2D eigenvalue weighted by Crippen LogP contribution is -2.20. The fraction of sp³-hybridized carbons (Fsp3) is 0.500. The summed E-state index contributed by atoms with van der Waals surface area (Å²) in [4.78, 5) is 7.13. The standard InChI is InChI=1S/C8H9ClF3N3O2S/c9-6-2-4-13-7(14-6)15-18(16,17)5-1-3-8(10,11)12/h2,4H,1,3,5H2,(H,13,14,15). The van der Waals surface area contributed by atoms with E-state index in [9.17, 15) is 21.6 Å². The number of aromatic nitrogens is 2. The molecule has 0 fully saturated rings. The first-order valence-electron chi connectivity index (χ1n) is 4.74. The molecule has 0 atom stereocenters. The first-order valence-corrected chi connectivity index (χ1v) is 6.77. The van der Waals surface area contributed by atoms with E-state index in [0.717, 1.165) is 0 Å². The Morgan fingerprint density at radius 3 is 2.61 bits per heavy atom. The Kier molecular flexibility index (Phi) is 4.74. The van der Waals surface area contributed by atoms with E-state index in [-0.39, 0.29) is 11.1 Å². The number of hydrogen-bond donors (Lipinski definition) is 1. The summed E-state index contributed by atoms with van der Waals surface area (Å²) >= 11 is 5.50. The van der Waals surface area contributed by atoms with Crippen LogP contribution < -0.4 is 4.72 Å². The monoisotopic (exact) mass is 303 g/mol. The van der Waals surface area contributed by atoms with Crippen molar-refractivity contribution in [3.63, 3.8) is 0 Å². The maximum absolute atomic E-state index is 11.9. The second-order valence-corrected chi connectivity index (χ2v) is 5.57. The fourth-order valence-corrected chi connectivity index (χ4v) is 2.18. The van der Waals surface area contributed by atoms with Crippen molar-refractivity contribution in [3.05, 3.63) is 17.4 Å². The zero-order valence-electron chi connectivity index (χ0n) is 8.91. The van der Waals surface area contributed by atoms with E-state index in [1.54, 1.807) is 0 Å². The lowest BCUT2D eigenvalue weighted by Gasteiger charge is -2.08. The molecule has 5 nitrogen and oxygen atoms in total. The van der Waals surface area contributed by atoms with Crippen LogP contribution in [-0.2, 0) is 10.0 Å². The third-order valence-corrected chi connectivity index (χ3v) is 3.27. The molecule has 1 aromatic rings. The predicted octanol–water partition coefficient (Wildman–Crippen LogP) is 2.21. The van der Waals surface area contributed by atoms with E-state index in [4.69, 9.17) is 11.6 Å². The highest BCUT2D eigenvalue weighted by Crippen LogP contribution is 2.21. The molecule has 0 aliphatic rings. The SMILES string of the molecule is O=S(=O)(CCCC(F)(F)F)Nc1nccc(Cl)n1. The molecular weight excluding hydrogens is 295 g/mol. The Morgan fingerprint density at radius 2 is 2.06 bits per heavy atom. The number of anilines is 1. The summed E-state index contributed by atoms with van der Waals surface area (Å²) in [6.07, 6.45) is -4.84. The smallest absolute Gasteiger partial charge is 0.251 e. The van der Waals surface area contributed by atoms with Gasteiger partial charge in [0.2, 0.25) is 16.0 Å². The minimum atomic E-state index is -4.37. The number of alkyl halides is 3. The first kappa shape index (κ1) is 15.0. The summed E-state index contributed by atoms with van der Waals surface area (Å²) in [6.45, 7) is 0. The molecule has 0 saturated heterocycles. The van der Waals surface area contributed by atoms with Crippen molar-refractivity contribution in [1.82, 2.24) is 9.97 Å². The summed E-state index contributed by atoms with van der Waals surface area (Å²) in [7, 11) is -3.91. The quantitative estimate of drug-likeness (QED) is 0.847. The third kappa shape index (κ3) is 6.01. The van der Waals surface area contributed by atoms with Crippen molar-refractivity contribution in [2.45, 2.75) is 19.0 Å². The minimum absolute atomic E-state index is 0.0259. The van der Waals surface area contributed by atoms with Gasteiger partial charge in [0.15, 0.2) is 0 Å². The molecule has 1 heterocycles. The number of sulfonamides is 1. The molecule has 10 heteroatoms. The average molecular weight is 304 g/mol. The van der Waals surface area contributed by atoms with Gasteiger partial charge < -0.3 is 0 Å². The molecule has 0 amide bonds. The summed E-state index contributed by atoms with van der Waals surface area (Å²) in [5.41, 5.74) is 0. The van der Waals surface area contributed by atoms with Crippen molar-refractivity contribution in [1.29, 1.82) is 0 Å². The van der Waals surface area contributed by atoms with Gasteiger partial charge in [0.05, 0.1) is 5.75 Å². The second kappa shape index (κ2) is 5.70. The molecule has 0 bridgehead atoms. The number of nitrogens with zero attached hydrogens (tertiary/aromatic N) is 2. The molecular formula is C8H9ClF3N3O2S. The van der Waals surface area contributed by atoms with Gasteiger partial charge in [0.1, 0.15) is 5.15 Å². The van der Waals surface area contributed by atoms with Crippen LogP contribution in [0.3, 0.4) is 0 Å². The van der Waals surface area contributed by atoms with E-state index >= 15 is 0 Å². The Morgan fingerprint density at radius 1 is 1.39 bits per heavy atom. The lowest BCUT2D eigenvalue weighted by molar-refractivity contribution is -0.134. The second-order valence-electron chi connectivity index (χ2n) is 3.34. The Balaban J connectivity index is 2.55. The molecule has 1 rings (SSSR count). The van der Waals surface area contributed by atoms with Crippen molar-refractivity contribution < 1.29 is 21.6 Å². The van der Waals surface area contributed by atoms with Crippen LogP contribution in [0, 0.1) is 0 Å². The molecule has 102 valence electrons. The molecule has 18 heavy (non-hydrogen) atoms. The van der Waals surface area contributed by atoms with Gasteiger partial charge >= 0.3 is 6.18 Å². The van der Waals surface area contributed by atoms with E-state index < -0.39 is 34.8 Å². The maximum Gasteiger partial charge on any atom is 0.389 e. The van der Waals surface area contributed by atoms with Gasteiger partial charge in [-0.1, -0.05) is 11.6 Å². The van der Waals surface area contributed by atoms with Crippen LogP contribution in [0.2, 0.25) is 5.15 Å². The van der Waals surface area contributed by atoms with Crippen LogP contribution in [0.1, 0.15) is 12.8 Å². The number of rotatable bonds is 5. The highest BCUT2D eigenvalue weighted by Gasteiger charge is 2.27. The summed E-state index contributed by atoms with van der Waals surface area (Å²) in [5.74, 6) is -0.933. The molecule has 1 aromatic heterocycles. The largest absolute Gasteiger partial charge is 0.389 e. The number of hydrogen-bond acceptors (Lipinski definition) is 4.